The Morgan fingerprint density at radius 3 is 2.67 bits per heavy atom. The van der Waals surface area contributed by atoms with Crippen molar-refractivity contribution in [3.63, 3.8) is 0 Å². The van der Waals surface area contributed by atoms with Crippen molar-refractivity contribution in [2.24, 2.45) is 5.92 Å². The molecule has 1 aliphatic heterocycles. The third-order valence-corrected chi connectivity index (χ3v) is 6.78. The zero-order valence-electron chi connectivity index (χ0n) is 15.2. The number of sulfonamides is 1. The van der Waals surface area contributed by atoms with E-state index in [9.17, 15) is 13.2 Å². The molecule has 1 saturated heterocycles. The summed E-state index contributed by atoms with van der Waals surface area (Å²) in [5, 5.41) is 2.95. The highest BCUT2D eigenvalue weighted by atomic mass is 32.2. The van der Waals surface area contributed by atoms with Crippen molar-refractivity contribution >= 4 is 27.3 Å². The Balaban J connectivity index is 1.55. The van der Waals surface area contributed by atoms with Crippen molar-refractivity contribution in [3.05, 3.63) is 41.4 Å². The number of carbonyl (C=O) groups excluding carboxylic acids is 1. The molecule has 2 atom stereocenters. The molecular weight excluding hydrogens is 382 g/mol. The standard InChI is InChI=1S/C19H23N3O3S2/c1-27(24,25)21-16-9-10-22(19(23)14-7-8-14)17(16)11-15-12-26-18(20-15)13-5-3-2-4-6-13/h2-6,12,14,16-17,21H,7-11H2,1H3/t16-,17-/m1/s1. The van der Waals surface area contributed by atoms with Crippen LogP contribution in [0.4, 0.5) is 0 Å². The summed E-state index contributed by atoms with van der Waals surface area (Å²) in [7, 11) is -3.33. The average molecular weight is 406 g/mol. The maximum absolute atomic E-state index is 12.7. The lowest BCUT2D eigenvalue weighted by Gasteiger charge is -2.28. The first kappa shape index (κ1) is 18.6. The Kier molecular flexibility index (Phi) is 5.05. The molecule has 0 unspecified atom stereocenters. The molecule has 0 spiro atoms. The van der Waals surface area contributed by atoms with Crippen molar-refractivity contribution in [3.8, 4) is 10.6 Å². The average Bonchev–Trinajstić information content (AvgIpc) is 3.27. The Bertz CT molecular complexity index is 923. The lowest BCUT2D eigenvalue weighted by molar-refractivity contribution is -0.133. The van der Waals surface area contributed by atoms with Gasteiger partial charge in [0, 0.05) is 35.9 Å². The van der Waals surface area contributed by atoms with Gasteiger partial charge in [-0.2, -0.15) is 0 Å². The second-order valence-corrected chi connectivity index (χ2v) is 10.0. The molecule has 0 radical (unpaired) electrons. The SMILES string of the molecule is CS(=O)(=O)N[C@@H]1CCN(C(=O)C2CC2)[C@@H]1Cc1csc(-c2ccccc2)n1. The number of hydrogen-bond donors (Lipinski definition) is 1. The van der Waals surface area contributed by atoms with Gasteiger partial charge >= 0.3 is 0 Å². The van der Waals surface area contributed by atoms with Crippen LogP contribution in [0.2, 0.25) is 0 Å². The highest BCUT2D eigenvalue weighted by molar-refractivity contribution is 7.88. The number of nitrogens with zero attached hydrogens (tertiary/aromatic N) is 2. The number of rotatable bonds is 6. The summed E-state index contributed by atoms with van der Waals surface area (Å²) >= 11 is 1.58. The number of nitrogens with one attached hydrogen (secondary N) is 1. The maximum atomic E-state index is 12.7. The van der Waals surface area contributed by atoms with Crippen molar-refractivity contribution in [2.45, 2.75) is 37.8 Å². The van der Waals surface area contributed by atoms with Crippen LogP contribution in [0, 0.1) is 5.92 Å². The molecule has 1 aliphatic carbocycles. The van der Waals surface area contributed by atoms with E-state index < -0.39 is 10.0 Å². The predicted octanol–water partition coefficient (Wildman–Crippen LogP) is 2.28. The molecule has 1 aromatic carbocycles. The Morgan fingerprint density at radius 1 is 1.26 bits per heavy atom. The molecule has 8 heteroatoms. The molecular formula is C19H23N3O3S2. The fourth-order valence-corrected chi connectivity index (χ4v) is 5.35. The van der Waals surface area contributed by atoms with E-state index in [1.165, 1.54) is 6.26 Å². The van der Waals surface area contributed by atoms with Crippen LogP contribution in [0.5, 0.6) is 0 Å². The summed E-state index contributed by atoms with van der Waals surface area (Å²) in [4.78, 5) is 19.3. The lowest BCUT2D eigenvalue weighted by Crippen LogP contribution is -2.48. The number of likely N-dealkylation sites (tertiary alicyclic amines) is 1. The summed E-state index contributed by atoms with van der Waals surface area (Å²) in [6, 6.07) is 9.54. The molecule has 0 bridgehead atoms. The molecule has 4 rings (SSSR count). The molecule has 2 aromatic rings. The summed E-state index contributed by atoms with van der Waals surface area (Å²) < 4.78 is 26.3. The number of benzene rings is 1. The molecule has 1 N–H and O–H groups in total. The van der Waals surface area contributed by atoms with Gasteiger partial charge in [0.25, 0.3) is 0 Å². The number of carbonyl (C=O) groups is 1. The fraction of sp³-hybridized carbons (Fsp3) is 0.474. The minimum absolute atomic E-state index is 0.125. The van der Waals surface area contributed by atoms with Crippen LogP contribution < -0.4 is 4.72 Å². The van der Waals surface area contributed by atoms with Crippen LogP contribution in [-0.4, -0.2) is 49.1 Å². The van der Waals surface area contributed by atoms with Crippen LogP contribution in [0.1, 0.15) is 25.0 Å². The number of thiazole rings is 1. The van der Waals surface area contributed by atoms with E-state index in [4.69, 9.17) is 4.98 Å². The Morgan fingerprint density at radius 2 is 2.00 bits per heavy atom. The van der Waals surface area contributed by atoms with Crippen LogP contribution in [-0.2, 0) is 21.2 Å². The zero-order valence-corrected chi connectivity index (χ0v) is 16.8. The number of hydrogen-bond acceptors (Lipinski definition) is 5. The Hall–Kier alpha value is -1.77. The van der Waals surface area contributed by atoms with E-state index in [-0.39, 0.29) is 23.9 Å². The van der Waals surface area contributed by atoms with Crippen molar-refractivity contribution < 1.29 is 13.2 Å². The van der Waals surface area contributed by atoms with E-state index >= 15 is 0 Å². The van der Waals surface area contributed by atoms with Crippen molar-refractivity contribution in [1.82, 2.24) is 14.6 Å². The first-order chi connectivity index (χ1) is 12.9. The fourth-order valence-electron chi connectivity index (χ4n) is 3.69. The van der Waals surface area contributed by atoms with Crippen LogP contribution >= 0.6 is 11.3 Å². The molecule has 2 fully saturated rings. The van der Waals surface area contributed by atoms with Gasteiger partial charge in [-0.1, -0.05) is 30.3 Å². The van der Waals surface area contributed by atoms with Gasteiger partial charge < -0.3 is 4.90 Å². The van der Waals surface area contributed by atoms with Gasteiger partial charge in [0.05, 0.1) is 18.0 Å². The molecule has 27 heavy (non-hydrogen) atoms. The largest absolute Gasteiger partial charge is 0.337 e. The minimum Gasteiger partial charge on any atom is -0.337 e. The molecule has 6 nitrogen and oxygen atoms in total. The smallest absolute Gasteiger partial charge is 0.225 e. The first-order valence-electron chi connectivity index (χ1n) is 9.18. The van der Waals surface area contributed by atoms with Gasteiger partial charge in [-0.3, -0.25) is 4.79 Å². The number of aromatic nitrogens is 1. The normalized spacial score (nSPS) is 22.9. The Labute approximate surface area is 163 Å². The summed E-state index contributed by atoms with van der Waals surface area (Å²) in [6.45, 7) is 0.600. The van der Waals surface area contributed by atoms with E-state index in [0.29, 0.717) is 19.4 Å². The van der Waals surface area contributed by atoms with Gasteiger partial charge in [-0.15, -0.1) is 11.3 Å². The third kappa shape index (κ3) is 4.39. The quantitative estimate of drug-likeness (QED) is 0.800. The first-order valence-corrected chi connectivity index (χ1v) is 12.0. The highest BCUT2D eigenvalue weighted by Crippen LogP contribution is 2.35. The van der Waals surface area contributed by atoms with E-state index in [0.717, 1.165) is 29.1 Å². The molecule has 1 aromatic heterocycles. The minimum atomic E-state index is -3.33. The van der Waals surface area contributed by atoms with Gasteiger partial charge in [0.2, 0.25) is 15.9 Å². The van der Waals surface area contributed by atoms with Crippen LogP contribution in [0.25, 0.3) is 10.6 Å². The molecule has 1 amide bonds. The van der Waals surface area contributed by atoms with Crippen LogP contribution in [0.3, 0.4) is 0 Å². The molecule has 2 aliphatic rings. The van der Waals surface area contributed by atoms with Gasteiger partial charge in [0.1, 0.15) is 5.01 Å². The maximum Gasteiger partial charge on any atom is 0.225 e. The third-order valence-electron chi connectivity index (χ3n) is 5.11. The molecule has 2 heterocycles. The van der Waals surface area contributed by atoms with E-state index in [2.05, 4.69) is 4.72 Å². The second-order valence-electron chi connectivity index (χ2n) is 7.37. The summed E-state index contributed by atoms with van der Waals surface area (Å²) in [6.07, 6.45) is 4.27. The van der Waals surface area contributed by atoms with E-state index in [1.807, 2.05) is 40.6 Å². The molecule has 1 saturated carbocycles. The predicted molar refractivity (Wildman–Crippen MR) is 106 cm³/mol. The zero-order chi connectivity index (χ0) is 19.0. The van der Waals surface area contributed by atoms with Crippen molar-refractivity contribution in [2.75, 3.05) is 12.8 Å². The van der Waals surface area contributed by atoms with Gasteiger partial charge in [0.15, 0.2) is 0 Å². The lowest BCUT2D eigenvalue weighted by atomic mass is 10.0. The number of amides is 1. The molecule has 144 valence electrons. The van der Waals surface area contributed by atoms with E-state index in [1.54, 1.807) is 11.3 Å². The summed E-state index contributed by atoms with van der Waals surface area (Å²) in [5.41, 5.74) is 1.97. The second kappa shape index (κ2) is 7.33. The van der Waals surface area contributed by atoms with Gasteiger partial charge in [-0.05, 0) is 19.3 Å². The van der Waals surface area contributed by atoms with Crippen LogP contribution in [0.15, 0.2) is 35.7 Å². The topological polar surface area (TPSA) is 79.4 Å². The van der Waals surface area contributed by atoms with Gasteiger partial charge in [-0.25, -0.2) is 18.1 Å². The monoisotopic (exact) mass is 405 g/mol. The van der Waals surface area contributed by atoms with Crippen molar-refractivity contribution in [1.29, 1.82) is 0 Å². The summed E-state index contributed by atoms with van der Waals surface area (Å²) in [5.74, 6) is 0.288. The highest BCUT2D eigenvalue weighted by Gasteiger charge is 2.43.